The third-order valence-corrected chi connectivity index (χ3v) is 3.06. The molecule has 0 bridgehead atoms. The second-order valence-electron chi connectivity index (χ2n) is 4.07. The molecule has 3 nitrogen and oxygen atoms in total. The molecular formula is C10H20N2O. The zero-order valence-electron chi connectivity index (χ0n) is 8.54. The van der Waals surface area contributed by atoms with Crippen LogP contribution in [0.5, 0.6) is 0 Å². The second-order valence-corrected chi connectivity index (χ2v) is 4.07. The molecule has 2 aliphatic rings. The highest BCUT2D eigenvalue weighted by atomic mass is 16.5. The van der Waals surface area contributed by atoms with Gasteiger partial charge in [-0.1, -0.05) is 6.92 Å². The number of morpholine rings is 1. The molecule has 0 aromatic heterocycles. The number of piperazine rings is 1. The predicted octanol–water partition coefficient (Wildman–Crippen LogP) is 0.413. The van der Waals surface area contributed by atoms with Crippen LogP contribution in [0, 0.1) is 0 Å². The summed E-state index contributed by atoms with van der Waals surface area (Å²) in [5, 5.41) is 0. The SMILES string of the molecule is CCCN1CCN2CCOCC2C1. The first-order valence-corrected chi connectivity index (χ1v) is 5.44. The molecule has 0 aromatic carbocycles. The number of rotatable bonds is 2. The van der Waals surface area contributed by atoms with Crippen molar-refractivity contribution in [3.05, 3.63) is 0 Å². The van der Waals surface area contributed by atoms with Crippen molar-refractivity contribution in [2.24, 2.45) is 0 Å². The third-order valence-electron chi connectivity index (χ3n) is 3.06. The quantitative estimate of drug-likeness (QED) is 0.618. The Morgan fingerprint density at radius 1 is 1.31 bits per heavy atom. The summed E-state index contributed by atoms with van der Waals surface area (Å²) in [4.78, 5) is 5.14. The van der Waals surface area contributed by atoms with Crippen LogP contribution < -0.4 is 0 Å². The summed E-state index contributed by atoms with van der Waals surface area (Å²) in [6.07, 6.45) is 1.27. The number of hydrogen-bond acceptors (Lipinski definition) is 3. The van der Waals surface area contributed by atoms with Gasteiger partial charge in [-0.3, -0.25) is 4.90 Å². The van der Waals surface area contributed by atoms with Gasteiger partial charge >= 0.3 is 0 Å². The molecule has 2 rings (SSSR count). The lowest BCUT2D eigenvalue weighted by Crippen LogP contribution is -2.57. The first-order valence-electron chi connectivity index (χ1n) is 5.44. The van der Waals surface area contributed by atoms with Crippen molar-refractivity contribution in [2.75, 3.05) is 45.9 Å². The van der Waals surface area contributed by atoms with Gasteiger partial charge in [0.1, 0.15) is 0 Å². The van der Waals surface area contributed by atoms with Crippen LogP contribution in [0.15, 0.2) is 0 Å². The van der Waals surface area contributed by atoms with E-state index in [1.807, 2.05) is 0 Å². The number of nitrogens with zero attached hydrogens (tertiary/aromatic N) is 2. The Morgan fingerprint density at radius 2 is 2.23 bits per heavy atom. The largest absolute Gasteiger partial charge is 0.378 e. The summed E-state index contributed by atoms with van der Waals surface area (Å²) in [5.41, 5.74) is 0. The van der Waals surface area contributed by atoms with Crippen LogP contribution in [-0.2, 0) is 4.74 Å². The van der Waals surface area contributed by atoms with Crippen molar-refractivity contribution in [3.8, 4) is 0 Å². The Labute approximate surface area is 80.6 Å². The van der Waals surface area contributed by atoms with Crippen molar-refractivity contribution in [2.45, 2.75) is 19.4 Å². The Bertz CT molecular complexity index is 163. The van der Waals surface area contributed by atoms with Crippen LogP contribution in [0.1, 0.15) is 13.3 Å². The van der Waals surface area contributed by atoms with Gasteiger partial charge < -0.3 is 9.64 Å². The van der Waals surface area contributed by atoms with E-state index in [4.69, 9.17) is 4.74 Å². The van der Waals surface area contributed by atoms with E-state index in [1.165, 1.54) is 32.6 Å². The molecule has 2 saturated heterocycles. The van der Waals surface area contributed by atoms with Gasteiger partial charge in [0.05, 0.1) is 13.2 Å². The van der Waals surface area contributed by atoms with Crippen LogP contribution in [0.2, 0.25) is 0 Å². The Morgan fingerprint density at radius 3 is 3.08 bits per heavy atom. The molecule has 76 valence electrons. The minimum atomic E-state index is 0.675. The Balaban J connectivity index is 1.84. The normalized spacial score (nSPS) is 31.6. The van der Waals surface area contributed by atoms with Gasteiger partial charge in [0.2, 0.25) is 0 Å². The predicted molar refractivity (Wildman–Crippen MR) is 52.9 cm³/mol. The van der Waals surface area contributed by atoms with Crippen molar-refractivity contribution in [1.82, 2.24) is 9.80 Å². The van der Waals surface area contributed by atoms with Crippen molar-refractivity contribution in [3.63, 3.8) is 0 Å². The summed E-state index contributed by atoms with van der Waals surface area (Å²) < 4.78 is 5.50. The zero-order chi connectivity index (χ0) is 9.10. The molecule has 3 heteroatoms. The van der Waals surface area contributed by atoms with Crippen LogP contribution >= 0.6 is 0 Å². The van der Waals surface area contributed by atoms with Crippen molar-refractivity contribution < 1.29 is 4.74 Å². The summed E-state index contributed by atoms with van der Waals surface area (Å²) in [6, 6.07) is 0.675. The van der Waals surface area contributed by atoms with E-state index < -0.39 is 0 Å². The molecule has 2 aliphatic heterocycles. The fraction of sp³-hybridized carbons (Fsp3) is 1.00. The fourth-order valence-corrected chi connectivity index (χ4v) is 2.33. The molecule has 13 heavy (non-hydrogen) atoms. The molecule has 0 aliphatic carbocycles. The smallest absolute Gasteiger partial charge is 0.0634 e. The van der Waals surface area contributed by atoms with Gasteiger partial charge in [-0.25, -0.2) is 0 Å². The highest BCUT2D eigenvalue weighted by Gasteiger charge is 2.28. The van der Waals surface area contributed by atoms with E-state index >= 15 is 0 Å². The maximum absolute atomic E-state index is 5.50. The van der Waals surface area contributed by atoms with Crippen LogP contribution in [0.4, 0.5) is 0 Å². The molecule has 0 saturated carbocycles. The van der Waals surface area contributed by atoms with Gasteiger partial charge in [-0.15, -0.1) is 0 Å². The first-order chi connectivity index (χ1) is 6.40. The molecule has 0 N–H and O–H groups in total. The van der Waals surface area contributed by atoms with Crippen LogP contribution in [-0.4, -0.2) is 61.8 Å². The molecule has 1 unspecified atom stereocenters. The Kier molecular flexibility index (Phi) is 3.19. The van der Waals surface area contributed by atoms with Gasteiger partial charge in [0, 0.05) is 32.2 Å². The second kappa shape index (κ2) is 4.40. The van der Waals surface area contributed by atoms with E-state index in [9.17, 15) is 0 Å². The fourth-order valence-electron chi connectivity index (χ4n) is 2.33. The monoisotopic (exact) mass is 184 g/mol. The zero-order valence-corrected chi connectivity index (χ0v) is 8.54. The van der Waals surface area contributed by atoms with E-state index in [0.717, 1.165) is 19.8 Å². The number of hydrogen-bond donors (Lipinski definition) is 0. The van der Waals surface area contributed by atoms with Gasteiger partial charge in [-0.05, 0) is 13.0 Å². The van der Waals surface area contributed by atoms with Crippen molar-refractivity contribution >= 4 is 0 Å². The molecule has 1 atom stereocenters. The maximum atomic E-state index is 5.50. The lowest BCUT2D eigenvalue weighted by atomic mass is 10.1. The number of fused-ring (bicyclic) bond motifs is 1. The maximum Gasteiger partial charge on any atom is 0.0634 e. The lowest BCUT2D eigenvalue weighted by Gasteiger charge is -2.43. The molecular weight excluding hydrogens is 164 g/mol. The first kappa shape index (κ1) is 9.44. The minimum Gasteiger partial charge on any atom is -0.378 e. The Hall–Kier alpha value is -0.120. The average molecular weight is 184 g/mol. The summed E-state index contributed by atoms with van der Waals surface area (Å²) in [5.74, 6) is 0. The standard InChI is InChI=1S/C10H20N2O/c1-2-3-11-4-5-12-6-7-13-9-10(12)8-11/h10H,2-9H2,1H3. The van der Waals surface area contributed by atoms with Gasteiger partial charge in [0.25, 0.3) is 0 Å². The topological polar surface area (TPSA) is 15.7 Å². The molecule has 0 radical (unpaired) electrons. The molecule has 0 spiro atoms. The minimum absolute atomic E-state index is 0.675. The average Bonchev–Trinajstić information content (AvgIpc) is 2.18. The summed E-state index contributed by atoms with van der Waals surface area (Å²) >= 11 is 0. The highest BCUT2D eigenvalue weighted by molar-refractivity contribution is 4.83. The van der Waals surface area contributed by atoms with Crippen LogP contribution in [0.3, 0.4) is 0 Å². The van der Waals surface area contributed by atoms with Gasteiger partial charge in [-0.2, -0.15) is 0 Å². The number of ether oxygens (including phenoxy) is 1. The van der Waals surface area contributed by atoms with E-state index in [0.29, 0.717) is 6.04 Å². The lowest BCUT2D eigenvalue weighted by molar-refractivity contribution is -0.0444. The van der Waals surface area contributed by atoms with Crippen LogP contribution in [0.25, 0.3) is 0 Å². The van der Waals surface area contributed by atoms with E-state index in [1.54, 1.807) is 0 Å². The van der Waals surface area contributed by atoms with Gasteiger partial charge in [0.15, 0.2) is 0 Å². The van der Waals surface area contributed by atoms with E-state index in [-0.39, 0.29) is 0 Å². The molecule has 2 fully saturated rings. The third kappa shape index (κ3) is 2.22. The summed E-state index contributed by atoms with van der Waals surface area (Å²) in [7, 11) is 0. The van der Waals surface area contributed by atoms with Crippen molar-refractivity contribution in [1.29, 1.82) is 0 Å². The summed E-state index contributed by atoms with van der Waals surface area (Å²) in [6.45, 7) is 10.2. The molecule has 0 aromatic rings. The highest BCUT2D eigenvalue weighted by Crippen LogP contribution is 2.13. The van der Waals surface area contributed by atoms with E-state index in [2.05, 4.69) is 16.7 Å². The molecule has 2 heterocycles. The molecule has 0 amide bonds.